The summed E-state index contributed by atoms with van der Waals surface area (Å²) >= 11 is 1.37. The van der Waals surface area contributed by atoms with E-state index in [4.69, 9.17) is 5.11 Å². The van der Waals surface area contributed by atoms with Gasteiger partial charge in [0.1, 0.15) is 0 Å². The van der Waals surface area contributed by atoms with E-state index in [1.807, 2.05) is 43.5 Å². The van der Waals surface area contributed by atoms with Crippen LogP contribution < -0.4 is 5.56 Å². The third-order valence-corrected chi connectivity index (χ3v) is 5.19. The largest absolute Gasteiger partial charge is 0.396 e. The van der Waals surface area contributed by atoms with Crippen LogP contribution in [0.1, 0.15) is 32.8 Å². The second-order valence-electron chi connectivity index (χ2n) is 6.45. The molecule has 0 aliphatic carbocycles. The van der Waals surface area contributed by atoms with Gasteiger partial charge in [0.25, 0.3) is 11.5 Å². The molecule has 6 heteroatoms. The third-order valence-electron chi connectivity index (χ3n) is 4.34. The van der Waals surface area contributed by atoms with Crippen LogP contribution in [-0.4, -0.2) is 34.0 Å². The molecule has 5 nitrogen and oxygen atoms in total. The van der Waals surface area contributed by atoms with Crippen molar-refractivity contribution in [1.29, 1.82) is 0 Å². The number of benzene rings is 1. The van der Waals surface area contributed by atoms with Crippen LogP contribution in [0.25, 0.3) is 10.9 Å². The van der Waals surface area contributed by atoms with Gasteiger partial charge < -0.3 is 15.0 Å². The van der Waals surface area contributed by atoms with Gasteiger partial charge in [-0.25, -0.2) is 0 Å². The summed E-state index contributed by atoms with van der Waals surface area (Å²) in [6.07, 6.45) is 0.473. The quantitative estimate of drug-likeness (QED) is 0.700. The Labute approximate surface area is 155 Å². The molecule has 26 heavy (non-hydrogen) atoms. The standard InChI is InChI=1S/C20H22N2O3S/c1-13-9-14(2)18-15(10-13)11-16(19(24)21-18)12-22(6-4-7-23)20(25)17-5-3-8-26-17/h3,5,8-11,23H,4,6-7,12H2,1-2H3,(H,21,24). The number of H-pyrrole nitrogens is 1. The molecule has 3 rings (SSSR count). The number of nitrogens with zero attached hydrogens (tertiary/aromatic N) is 1. The summed E-state index contributed by atoms with van der Waals surface area (Å²) in [6, 6.07) is 9.53. The lowest BCUT2D eigenvalue weighted by molar-refractivity contribution is 0.0736. The molecule has 0 aliphatic rings. The highest BCUT2D eigenvalue weighted by molar-refractivity contribution is 7.12. The first-order valence-electron chi connectivity index (χ1n) is 8.56. The normalized spacial score (nSPS) is 11.0. The first kappa shape index (κ1) is 18.4. The minimum absolute atomic E-state index is 0.000682. The Morgan fingerprint density at radius 3 is 2.77 bits per heavy atom. The number of rotatable bonds is 6. The van der Waals surface area contributed by atoms with Gasteiger partial charge in [-0.1, -0.05) is 17.7 Å². The number of thiophene rings is 1. The number of aromatic amines is 1. The van der Waals surface area contributed by atoms with Crippen LogP contribution in [0.5, 0.6) is 0 Å². The molecule has 0 radical (unpaired) electrons. The highest BCUT2D eigenvalue weighted by atomic mass is 32.1. The van der Waals surface area contributed by atoms with Crippen molar-refractivity contribution < 1.29 is 9.90 Å². The molecule has 2 aromatic heterocycles. The minimum atomic E-state index is -0.183. The lowest BCUT2D eigenvalue weighted by atomic mass is 10.1. The molecule has 136 valence electrons. The van der Waals surface area contributed by atoms with Gasteiger partial charge in [-0.15, -0.1) is 11.3 Å². The summed E-state index contributed by atoms with van der Waals surface area (Å²) in [5.74, 6) is -0.117. The zero-order valence-electron chi connectivity index (χ0n) is 14.9. The molecule has 0 saturated heterocycles. The predicted octanol–water partition coefficient (Wildman–Crippen LogP) is 3.23. The molecular weight excluding hydrogens is 348 g/mol. The first-order valence-corrected chi connectivity index (χ1v) is 9.44. The molecular formula is C20H22N2O3S. The van der Waals surface area contributed by atoms with Gasteiger partial charge in [0, 0.05) is 18.7 Å². The van der Waals surface area contributed by atoms with Crippen molar-refractivity contribution in [3.05, 3.63) is 67.6 Å². The maximum atomic E-state index is 12.7. The van der Waals surface area contributed by atoms with Crippen LogP contribution in [0.3, 0.4) is 0 Å². The molecule has 0 spiro atoms. The lowest BCUT2D eigenvalue weighted by Crippen LogP contribution is -2.33. The lowest BCUT2D eigenvalue weighted by Gasteiger charge is -2.22. The van der Waals surface area contributed by atoms with Gasteiger partial charge in [-0.2, -0.15) is 0 Å². The summed E-state index contributed by atoms with van der Waals surface area (Å²) in [6.45, 7) is 4.61. The van der Waals surface area contributed by atoms with Crippen LogP contribution in [-0.2, 0) is 6.54 Å². The molecule has 3 aromatic rings. The van der Waals surface area contributed by atoms with Gasteiger partial charge in [0.05, 0.1) is 16.9 Å². The summed E-state index contributed by atoms with van der Waals surface area (Å²) < 4.78 is 0. The van der Waals surface area contributed by atoms with Crippen LogP contribution in [0.4, 0.5) is 0 Å². The number of aromatic nitrogens is 1. The Kier molecular flexibility index (Phi) is 5.54. The smallest absolute Gasteiger partial charge is 0.264 e. The van der Waals surface area contributed by atoms with Crippen molar-refractivity contribution in [2.45, 2.75) is 26.8 Å². The summed E-state index contributed by atoms with van der Waals surface area (Å²) in [5.41, 5.74) is 3.34. The molecule has 0 atom stereocenters. The van der Waals surface area contributed by atoms with Crippen molar-refractivity contribution in [3.8, 4) is 0 Å². The summed E-state index contributed by atoms with van der Waals surface area (Å²) in [7, 11) is 0. The number of pyridine rings is 1. The van der Waals surface area contributed by atoms with Gasteiger partial charge >= 0.3 is 0 Å². The number of fused-ring (bicyclic) bond motifs is 1. The highest BCUT2D eigenvalue weighted by Gasteiger charge is 2.18. The highest BCUT2D eigenvalue weighted by Crippen LogP contribution is 2.19. The number of hydrogen-bond acceptors (Lipinski definition) is 4. The Morgan fingerprint density at radius 2 is 2.08 bits per heavy atom. The van der Waals surface area contributed by atoms with Crippen LogP contribution in [0.15, 0.2) is 40.5 Å². The van der Waals surface area contributed by atoms with Gasteiger partial charge in [-0.05, 0) is 54.8 Å². The first-order chi connectivity index (χ1) is 12.5. The van der Waals surface area contributed by atoms with E-state index in [1.165, 1.54) is 11.3 Å². The predicted molar refractivity (Wildman–Crippen MR) is 105 cm³/mol. The Hall–Kier alpha value is -2.44. The number of aliphatic hydroxyl groups excluding tert-OH is 1. The molecule has 2 heterocycles. The number of aliphatic hydroxyl groups is 1. The van der Waals surface area contributed by atoms with Crippen molar-refractivity contribution in [1.82, 2.24) is 9.88 Å². The van der Waals surface area contributed by atoms with Crippen molar-refractivity contribution >= 4 is 28.1 Å². The van der Waals surface area contributed by atoms with Crippen molar-refractivity contribution in [3.63, 3.8) is 0 Å². The van der Waals surface area contributed by atoms with E-state index in [-0.39, 0.29) is 24.6 Å². The molecule has 0 unspecified atom stereocenters. The molecule has 1 amide bonds. The van der Waals surface area contributed by atoms with E-state index in [1.54, 1.807) is 11.0 Å². The molecule has 2 N–H and O–H groups in total. The topological polar surface area (TPSA) is 73.4 Å². The van der Waals surface area contributed by atoms with E-state index in [2.05, 4.69) is 4.98 Å². The van der Waals surface area contributed by atoms with Gasteiger partial charge in [0.2, 0.25) is 0 Å². The van der Waals surface area contributed by atoms with Crippen molar-refractivity contribution in [2.75, 3.05) is 13.2 Å². The number of carbonyl (C=O) groups is 1. The molecule has 0 bridgehead atoms. The summed E-state index contributed by atoms with van der Waals surface area (Å²) in [5, 5.41) is 12.0. The number of amides is 1. The van der Waals surface area contributed by atoms with E-state index in [9.17, 15) is 9.59 Å². The molecule has 0 aliphatic heterocycles. The maximum Gasteiger partial charge on any atom is 0.264 e. The number of hydrogen-bond donors (Lipinski definition) is 2. The van der Waals surface area contributed by atoms with Crippen LogP contribution >= 0.6 is 11.3 Å². The monoisotopic (exact) mass is 370 g/mol. The average Bonchev–Trinajstić information content (AvgIpc) is 3.13. The van der Waals surface area contributed by atoms with E-state index < -0.39 is 0 Å². The number of nitrogens with one attached hydrogen (secondary N) is 1. The minimum Gasteiger partial charge on any atom is -0.396 e. The Bertz CT molecular complexity index is 977. The van der Waals surface area contributed by atoms with Crippen molar-refractivity contribution in [2.24, 2.45) is 0 Å². The van der Waals surface area contributed by atoms with E-state index >= 15 is 0 Å². The van der Waals surface area contributed by atoms with E-state index in [0.717, 1.165) is 22.0 Å². The molecule has 0 saturated carbocycles. The Balaban J connectivity index is 1.96. The fourth-order valence-corrected chi connectivity index (χ4v) is 3.82. The molecule has 1 aromatic carbocycles. The average molecular weight is 370 g/mol. The van der Waals surface area contributed by atoms with Crippen LogP contribution in [0, 0.1) is 13.8 Å². The van der Waals surface area contributed by atoms with E-state index in [0.29, 0.717) is 23.4 Å². The zero-order chi connectivity index (χ0) is 18.7. The second kappa shape index (κ2) is 7.85. The number of aryl methyl sites for hydroxylation is 2. The second-order valence-corrected chi connectivity index (χ2v) is 7.40. The Morgan fingerprint density at radius 1 is 1.27 bits per heavy atom. The van der Waals surface area contributed by atoms with Crippen LogP contribution in [0.2, 0.25) is 0 Å². The van der Waals surface area contributed by atoms with Gasteiger partial charge in [-0.3, -0.25) is 9.59 Å². The third kappa shape index (κ3) is 3.86. The SMILES string of the molecule is Cc1cc(C)c2[nH]c(=O)c(CN(CCCO)C(=O)c3cccs3)cc2c1. The fraction of sp³-hybridized carbons (Fsp3) is 0.300. The number of carbonyl (C=O) groups excluding carboxylic acids is 1. The fourth-order valence-electron chi connectivity index (χ4n) is 3.13. The zero-order valence-corrected chi connectivity index (χ0v) is 15.7. The maximum absolute atomic E-state index is 12.7. The van der Waals surface area contributed by atoms with Gasteiger partial charge in [0.15, 0.2) is 0 Å². The summed E-state index contributed by atoms with van der Waals surface area (Å²) in [4.78, 5) is 30.5. The molecule has 0 fully saturated rings.